The molecule has 7 heteroatoms. The molecule has 3 rings (SSSR count). The number of nitrogens with two attached hydrogens (primary N) is 1. The molecule has 18 heavy (non-hydrogen) atoms. The maximum atomic E-state index is 13.8. The van der Waals surface area contributed by atoms with E-state index < -0.39 is 23.5 Å². The highest BCUT2D eigenvalue weighted by Gasteiger charge is 2.57. The van der Waals surface area contributed by atoms with Gasteiger partial charge in [0.1, 0.15) is 30.5 Å². The van der Waals surface area contributed by atoms with E-state index in [1.54, 1.807) is 0 Å². The molecule has 0 radical (unpaired) electrons. The molecule has 2 heterocycles. The van der Waals surface area contributed by atoms with Gasteiger partial charge in [-0.15, -0.1) is 0 Å². The van der Waals surface area contributed by atoms with E-state index in [0.29, 0.717) is 0 Å². The average Bonchev–Trinajstić information content (AvgIpc) is 2.75. The smallest absolute Gasteiger partial charge is 0.157 e. The average molecular weight is 252 g/mol. The zero-order valence-corrected chi connectivity index (χ0v) is 9.25. The molecule has 2 atom stereocenters. The number of hydrogen-bond donors (Lipinski definition) is 1. The first-order valence-corrected chi connectivity index (χ1v) is 5.33. The molecule has 0 spiro atoms. The van der Waals surface area contributed by atoms with Gasteiger partial charge in [0, 0.05) is 11.6 Å². The summed E-state index contributed by atoms with van der Waals surface area (Å²) >= 11 is 0. The lowest BCUT2D eigenvalue weighted by atomic mass is 9.97. The number of rotatable bonds is 3. The maximum absolute atomic E-state index is 13.8. The fraction of sp³-hybridized carbons (Fsp3) is 0.273. The summed E-state index contributed by atoms with van der Waals surface area (Å²) in [6.45, 7) is 0.233. The molecule has 2 N–H and O–H groups in total. The van der Waals surface area contributed by atoms with Crippen molar-refractivity contribution in [3.8, 4) is 0 Å². The SMILES string of the molecule is NC1OC1(Cn1cncn1)c1ccc(F)cc1F. The van der Waals surface area contributed by atoms with Gasteiger partial charge in [0.2, 0.25) is 0 Å². The molecule has 1 aromatic heterocycles. The number of aromatic nitrogens is 3. The van der Waals surface area contributed by atoms with Gasteiger partial charge in [-0.2, -0.15) is 5.10 Å². The molecule has 2 unspecified atom stereocenters. The summed E-state index contributed by atoms with van der Waals surface area (Å²) in [6.07, 6.45) is 2.21. The van der Waals surface area contributed by atoms with Crippen LogP contribution in [0, 0.1) is 11.6 Å². The fourth-order valence-corrected chi connectivity index (χ4v) is 2.01. The van der Waals surface area contributed by atoms with Gasteiger partial charge in [-0.05, 0) is 6.07 Å². The molecule has 0 amide bonds. The van der Waals surface area contributed by atoms with E-state index in [9.17, 15) is 8.78 Å². The summed E-state index contributed by atoms with van der Waals surface area (Å²) in [5, 5.41) is 3.92. The van der Waals surface area contributed by atoms with Crippen LogP contribution < -0.4 is 5.73 Å². The van der Waals surface area contributed by atoms with Crippen LogP contribution in [-0.2, 0) is 16.9 Å². The molecule has 0 bridgehead atoms. The number of nitrogens with zero attached hydrogens (tertiary/aromatic N) is 3. The second-order valence-electron chi connectivity index (χ2n) is 4.15. The van der Waals surface area contributed by atoms with Crippen LogP contribution in [0.1, 0.15) is 5.56 Å². The van der Waals surface area contributed by atoms with E-state index in [-0.39, 0.29) is 12.1 Å². The number of epoxide rings is 1. The Morgan fingerprint density at radius 1 is 1.44 bits per heavy atom. The molecule has 1 fully saturated rings. The van der Waals surface area contributed by atoms with Crippen molar-refractivity contribution >= 4 is 0 Å². The fourth-order valence-electron chi connectivity index (χ4n) is 2.01. The Morgan fingerprint density at radius 3 is 2.78 bits per heavy atom. The van der Waals surface area contributed by atoms with Crippen molar-refractivity contribution in [1.29, 1.82) is 0 Å². The van der Waals surface area contributed by atoms with Gasteiger partial charge in [0.05, 0.1) is 6.54 Å². The topological polar surface area (TPSA) is 69.3 Å². The lowest BCUT2D eigenvalue weighted by molar-refractivity contribution is 0.256. The van der Waals surface area contributed by atoms with Crippen LogP contribution in [0.25, 0.3) is 0 Å². The zero-order chi connectivity index (χ0) is 12.8. The maximum Gasteiger partial charge on any atom is 0.157 e. The molecule has 1 aromatic carbocycles. The van der Waals surface area contributed by atoms with Gasteiger partial charge < -0.3 is 10.5 Å². The van der Waals surface area contributed by atoms with Crippen molar-refractivity contribution in [3.05, 3.63) is 48.1 Å². The quantitative estimate of drug-likeness (QED) is 0.819. The minimum Gasteiger partial charge on any atom is -0.343 e. The molecule has 5 nitrogen and oxygen atoms in total. The third kappa shape index (κ3) is 1.68. The first-order chi connectivity index (χ1) is 8.62. The first-order valence-electron chi connectivity index (χ1n) is 5.33. The standard InChI is InChI=1S/C11H10F2N4O/c12-7-1-2-8(9(13)3-7)11(10(14)18-11)4-17-6-15-5-16-17/h1-3,5-6,10H,4,14H2. The van der Waals surface area contributed by atoms with E-state index >= 15 is 0 Å². The summed E-state index contributed by atoms with van der Waals surface area (Å²) in [6, 6.07) is 3.33. The number of ether oxygens (including phenoxy) is 1. The molecule has 0 aliphatic carbocycles. The van der Waals surface area contributed by atoms with Crippen molar-refractivity contribution in [2.45, 2.75) is 18.4 Å². The number of halogens is 2. The predicted octanol–water partition coefficient (Wildman–Crippen LogP) is 0.767. The molecular weight excluding hydrogens is 242 g/mol. The highest BCUT2D eigenvalue weighted by Crippen LogP contribution is 2.45. The molecule has 0 saturated carbocycles. The monoisotopic (exact) mass is 252 g/mol. The summed E-state index contributed by atoms with van der Waals surface area (Å²) in [7, 11) is 0. The third-order valence-corrected chi connectivity index (χ3v) is 2.99. The minimum atomic E-state index is -0.995. The van der Waals surface area contributed by atoms with E-state index in [1.165, 1.54) is 29.5 Å². The largest absolute Gasteiger partial charge is 0.343 e. The van der Waals surface area contributed by atoms with Crippen LogP contribution in [-0.4, -0.2) is 21.0 Å². The molecule has 2 aromatic rings. The number of benzene rings is 1. The van der Waals surface area contributed by atoms with Gasteiger partial charge in [0.15, 0.2) is 5.60 Å². The van der Waals surface area contributed by atoms with Gasteiger partial charge in [-0.1, -0.05) is 6.07 Å². The molecule has 1 saturated heterocycles. The first kappa shape index (κ1) is 11.2. The summed E-state index contributed by atoms with van der Waals surface area (Å²) in [4.78, 5) is 3.79. The second kappa shape index (κ2) is 3.82. The van der Waals surface area contributed by atoms with Crippen molar-refractivity contribution in [1.82, 2.24) is 14.8 Å². The minimum absolute atomic E-state index is 0.229. The van der Waals surface area contributed by atoms with Crippen LogP contribution >= 0.6 is 0 Å². The van der Waals surface area contributed by atoms with Crippen molar-refractivity contribution in [2.24, 2.45) is 5.73 Å². The Hall–Kier alpha value is -1.86. The summed E-state index contributed by atoms with van der Waals surface area (Å²) in [5.41, 5.74) is 4.95. The molecular formula is C11H10F2N4O. The van der Waals surface area contributed by atoms with Crippen molar-refractivity contribution < 1.29 is 13.5 Å². The van der Waals surface area contributed by atoms with E-state index in [4.69, 9.17) is 10.5 Å². The van der Waals surface area contributed by atoms with Crippen LogP contribution in [0.5, 0.6) is 0 Å². The number of hydrogen-bond acceptors (Lipinski definition) is 4. The molecule has 1 aliphatic rings. The van der Waals surface area contributed by atoms with E-state index in [1.807, 2.05) is 0 Å². The Labute approximate surface area is 101 Å². The molecule has 1 aliphatic heterocycles. The van der Waals surface area contributed by atoms with Gasteiger partial charge >= 0.3 is 0 Å². The second-order valence-corrected chi connectivity index (χ2v) is 4.15. The van der Waals surface area contributed by atoms with Crippen LogP contribution in [0.3, 0.4) is 0 Å². The summed E-state index contributed by atoms with van der Waals surface area (Å²) in [5.74, 6) is -1.32. The van der Waals surface area contributed by atoms with E-state index in [2.05, 4.69) is 10.1 Å². The predicted molar refractivity (Wildman–Crippen MR) is 57.1 cm³/mol. The van der Waals surface area contributed by atoms with E-state index in [0.717, 1.165) is 6.07 Å². The molecule has 94 valence electrons. The lowest BCUT2D eigenvalue weighted by Gasteiger charge is -2.13. The summed E-state index contributed by atoms with van der Waals surface area (Å²) < 4.78 is 33.5. The van der Waals surface area contributed by atoms with Gasteiger partial charge in [0.25, 0.3) is 0 Å². The zero-order valence-electron chi connectivity index (χ0n) is 9.25. The van der Waals surface area contributed by atoms with Crippen LogP contribution in [0.4, 0.5) is 8.78 Å². The Balaban J connectivity index is 1.97. The van der Waals surface area contributed by atoms with Crippen molar-refractivity contribution in [3.63, 3.8) is 0 Å². The van der Waals surface area contributed by atoms with Gasteiger partial charge in [-0.25, -0.2) is 18.4 Å². The highest BCUT2D eigenvalue weighted by atomic mass is 19.1. The van der Waals surface area contributed by atoms with Gasteiger partial charge in [-0.3, -0.25) is 0 Å². The van der Waals surface area contributed by atoms with Crippen LogP contribution in [0.15, 0.2) is 30.9 Å². The Bertz CT molecular complexity index is 574. The highest BCUT2D eigenvalue weighted by molar-refractivity contribution is 5.30. The third-order valence-electron chi connectivity index (χ3n) is 2.99. The normalized spacial score (nSPS) is 26.3. The Kier molecular flexibility index (Phi) is 2.39. The Morgan fingerprint density at radius 2 is 2.22 bits per heavy atom. The lowest BCUT2D eigenvalue weighted by Crippen LogP contribution is -2.26. The van der Waals surface area contributed by atoms with Crippen molar-refractivity contribution in [2.75, 3.05) is 0 Å². The van der Waals surface area contributed by atoms with Crippen LogP contribution in [0.2, 0.25) is 0 Å².